The SMILES string of the molecule is CC(C)=CCC/C(C)=C/CC(CC/C(C)=C/CCC(C)=CCC/C(C)=C/CC1=CC(=O)C(C)=C(C)C1=O)=C(C)C. The lowest BCUT2D eigenvalue weighted by molar-refractivity contribution is -0.115. The second-order valence-corrected chi connectivity index (χ2v) is 12.2. The summed E-state index contributed by atoms with van der Waals surface area (Å²) in [4.78, 5) is 24.5. The summed E-state index contributed by atoms with van der Waals surface area (Å²) < 4.78 is 0. The highest BCUT2D eigenvalue weighted by atomic mass is 16.1. The molecule has 0 spiro atoms. The highest BCUT2D eigenvalue weighted by molar-refractivity contribution is 6.22. The number of rotatable bonds is 16. The van der Waals surface area contributed by atoms with Gasteiger partial charge in [0.25, 0.3) is 0 Å². The van der Waals surface area contributed by atoms with Crippen LogP contribution < -0.4 is 0 Å². The zero-order chi connectivity index (χ0) is 30.2. The fourth-order valence-corrected chi connectivity index (χ4v) is 4.65. The molecule has 1 aliphatic rings. The van der Waals surface area contributed by atoms with E-state index in [0.717, 1.165) is 57.8 Å². The monoisotopic (exact) mass is 544 g/mol. The second-order valence-electron chi connectivity index (χ2n) is 12.2. The molecule has 0 aromatic rings. The maximum absolute atomic E-state index is 12.4. The summed E-state index contributed by atoms with van der Waals surface area (Å²) >= 11 is 0. The van der Waals surface area contributed by atoms with Gasteiger partial charge in [0.05, 0.1) is 0 Å². The normalized spacial score (nSPS) is 15.5. The van der Waals surface area contributed by atoms with Crippen LogP contribution in [0.15, 0.2) is 92.2 Å². The van der Waals surface area contributed by atoms with Crippen LogP contribution in [-0.2, 0) is 9.59 Å². The summed E-state index contributed by atoms with van der Waals surface area (Å²) in [5.74, 6) is -0.0261. The van der Waals surface area contributed by atoms with E-state index in [1.54, 1.807) is 19.4 Å². The minimum atomic E-state index is -0.0353. The molecule has 0 saturated carbocycles. The Bertz CT molecular complexity index is 1140. The largest absolute Gasteiger partial charge is 0.290 e. The van der Waals surface area contributed by atoms with Gasteiger partial charge < -0.3 is 0 Å². The van der Waals surface area contributed by atoms with E-state index >= 15 is 0 Å². The van der Waals surface area contributed by atoms with E-state index in [9.17, 15) is 9.59 Å². The Morgan fingerprint density at radius 2 is 1.10 bits per heavy atom. The topological polar surface area (TPSA) is 34.1 Å². The zero-order valence-corrected chi connectivity index (χ0v) is 27.4. The van der Waals surface area contributed by atoms with Crippen LogP contribution in [0.4, 0.5) is 0 Å². The zero-order valence-electron chi connectivity index (χ0n) is 27.4. The molecule has 220 valence electrons. The maximum Gasteiger partial charge on any atom is 0.185 e. The summed E-state index contributed by atoms with van der Waals surface area (Å²) in [5.41, 5.74) is 11.9. The lowest BCUT2D eigenvalue weighted by atomic mass is 9.89. The van der Waals surface area contributed by atoms with E-state index in [2.05, 4.69) is 85.8 Å². The van der Waals surface area contributed by atoms with Crippen molar-refractivity contribution in [2.24, 2.45) is 0 Å². The van der Waals surface area contributed by atoms with Gasteiger partial charge in [0.2, 0.25) is 0 Å². The maximum atomic E-state index is 12.4. The molecule has 0 fully saturated rings. The van der Waals surface area contributed by atoms with Gasteiger partial charge in [-0.3, -0.25) is 9.59 Å². The Morgan fingerprint density at radius 3 is 1.65 bits per heavy atom. The Labute approximate surface area is 246 Å². The van der Waals surface area contributed by atoms with Crippen LogP contribution in [0.3, 0.4) is 0 Å². The molecule has 0 aromatic carbocycles. The number of Topliss-reactive ketones (excluding diaryl/α,β-unsaturated/α-hetero) is 1. The Morgan fingerprint density at radius 1 is 0.600 bits per heavy atom. The molecule has 0 saturated heterocycles. The van der Waals surface area contributed by atoms with Crippen molar-refractivity contribution in [2.75, 3.05) is 0 Å². The molecule has 0 unspecified atom stereocenters. The van der Waals surface area contributed by atoms with Crippen molar-refractivity contribution in [3.05, 3.63) is 92.2 Å². The van der Waals surface area contributed by atoms with Crippen molar-refractivity contribution in [3.63, 3.8) is 0 Å². The first kappa shape index (κ1) is 35.3. The van der Waals surface area contributed by atoms with E-state index in [1.807, 2.05) is 0 Å². The summed E-state index contributed by atoms with van der Waals surface area (Å²) in [6, 6.07) is 0. The Balaban J connectivity index is 2.45. The molecular formula is C38H56O2. The van der Waals surface area contributed by atoms with Crippen molar-refractivity contribution >= 4 is 11.6 Å². The van der Waals surface area contributed by atoms with E-state index < -0.39 is 0 Å². The number of hydrogen-bond acceptors (Lipinski definition) is 2. The molecule has 0 heterocycles. The number of ketones is 2. The van der Waals surface area contributed by atoms with Gasteiger partial charge in [0, 0.05) is 16.7 Å². The van der Waals surface area contributed by atoms with Gasteiger partial charge in [-0.05, 0) is 140 Å². The minimum absolute atomic E-state index is 0.00923. The van der Waals surface area contributed by atoms with E-state index in [4.69, 9.17) is 0 Å². The quantitative estimate of drug-likeness (QED) is 0.143. The summed E-state index contributed by atoms with van der Waals surface area (Å²) in [6.45, 7) is 21.2. The van der Waals surface area contributed by atoms with E-state index in [-0.39, 0.29) is 11.6 Å². The van der Waals surface area contributed by atoms with E-state index in [1.165, 1.54) is 39.5 Å². The standard InChI is InChI=1S/C38H56O2/c1-27(2)14-11-15-30(6)20-23-35(28(3)4)24-21-31(7)18-12-16-29(5)17-13-19-32(8)22-25-36-26-37(39)33(9)34(10)38(36)40/h14,17-18,20,22,26H,11-13,15-16,19,21,23-25H2,1-10H3/b29-17?,30-20+,31-18+,32-22+. The van der Waals surface area contributed by atoms with Crippen molar-refractivity contribution in [1.29, 1.82) is 0 Å². The predicted octanol–water partition coefficient (Wildman–Crippen LogP) is 11.4. The predicted molar refractivity (Wildman–Crippen MR) is 175 cm³/mol. The third-order valence-corrected chi connectivity index (χ3v) is 7.92. The van der Waals surface area contributed by atoms with Crippen molar-refractivity contribution in [2.45, 2.75) is 133 Å². The highest BCUT2D eigenvalue weighted by Crippen LogP contribution is 2.23. The second kappa shape index (κ2) is 18.6. The third kappa shape index (κ3) is 14.1. The number of hydrogen-bond donors (Lipinski definition) is 0. The van der Waals surface area contributed by atoms with Gasteiger partial charge >= 0.3 is 0 Å². The van der Waals surface area contributed by atoms with Gasteiger partial charge in [-0.2, -0.15) is 0 Å². The first-order valence-electron chi connectivity index (χ1n) is 15.2. The molecule has 40 heavy (non-hydrogen) atoms. The van der Waals surface area contributed by atoms with Crippen LogP contribution >= 0.6 is 0 Å². The van der Waals surface area contributed by atoms with Gasteiger partial charge in [-0.25, -0.2) is 0 Å². The molecule has 1 aliphatic carbocycles. The number of carbonyl (C=O) groups is 2. The Kier molecular flexibility index (Phi) is 16.4. The first-order chi connectivity index (χ1) is 18.8. The van der Waals surface area contributed by atoms with Gasteiger partial charge in [0.1, 0.15) is 0 Å². The minimum Gasteiger partial charge on any atom is -0.290 e. The molecular weight excluding hydrogens is 488 g/mol. The molecule has 0 amide bonds. The Hall–Kier alpha value is -2.74. The molecule has 0 bridgehead atoms. The highest BCUT2D eigenvalue weighted by Gasteiger charge is 2.21. The molecule has 0 aromatic heterocycles. The molecule has 0 radical (unpaired) electrons. The van der Waals surface area contributed by atoms with Crippen LogP contribution in [0.1, 0.15) is 133 Å². The van der Waals surface area contributed by atoms with Crippen LogP contribution in [0, 0.1) is 0 Å². The van der Waals surface area contributed by atoms with Crippen molar-refractivity contribution < 1.29 is 9.59 Å². The molecule has 0 atom stereocenters. The lowest BCUT2D eigenvalue weighted by Gasteiger charge is -2.13. The molecule has 2 nitrogen and oxygen atoms in total. The van der Waals surface area contributed by atoms with E-state index in [0.29, 0.717) is 23.1 Å². The molecule has 1 rings (SSSR count). The summed E-state index contributed by atoms with van der Waals surface area (Å²) in [6.07, 6.45) is 23.5. The number of allylic oxidation sites excluding steroid dienone is 16. The smallest absolute Gasteiger partial charge is 0.185 e. The summed E-state index contributed by atoms with van der Waals surface area (Å²) in [7, 11) is 0. The van der Waals surface area contributed by atoms with Crippen LogP contribution in [0.5, 0.6) is 0 Å². The average molecular weight is 545 g/mol. The fraction of sp³-hybridized carbons (Fsp3) is 0.526. The average Bonchev–Trinajstić information content (AvgIpc) is 2.88. The van der Waals surface area contributed by atoms with Crippen molar-refractivity contribution in [3.8, 4) is 0 Å². The van der Waals surface area contributed by atoms with Crippen molar-refractivity contribution in [1.82, 2.24) is 0 Å². The van der Waals surface area contributed by atoms with Gasteiger partial charge in [-0.15, -0.1) is 0 Å². The fourth-order valence-electron chi connectivity index (χ4n) is 4.65. The lowest BCUT2D eigenvalue weighted by Crippen LogP contribution is -2.16. The number of carbonyl (C=O) groups excluding carboxylic acids is 2. The summed E-state index contributed by atoms with van der Waals surface area (Å²) in [5, 5.41) is 0. The van der Waals surface area contributed by atoms with Crippen LogP contribution in [0.2, 0.25) is 0 Å². The molecule has 2 heteroatoms. The molecule has 0 aliphatic heterocycles. The van der Waals surface area contributed by atoms with Gasteiger partial charge in [0.15, 0.2) is 11.6 Å². The first-order valence-corrected chi connectivity index (χ1v) is 15.2. The third-order valence-electron chi connectivity index (χ3n) is 7.92. The molecule has 0 N–H and O–H groups in total. The van der Waals surface area contributed by atoms with Crippen LogP contribution in [-0.4, -0.2) is 11.6 Å². The van der Waals surface area contributed by atoms with Crippen LogP contribution in [0.25, 0.3) is 0 Å². The van der Waals surface area contributed by atoms with Gasteiger partial charge in [-0.1, -0.05) is 69.4 Å².